The Morgan fingerprint density at radius 3 is 2.61 bits per heavy atom. The average Bonchev–Trinajstić information content (AvgIpc) is 2.94. The molecule has 0 atom stereocenters. The van der Waals surface area contributed by atoms with E-state index in [0.29, 0.717) is 21.3 Å². The molecule has 3 rings (SSSR count). The Bertz CT molecular complexity index is 875. The average molecular weight is 365 g/mol. The second-order valence-corrected chi connectivity index (χ2v) is 5.93. The van der Waals surface area contributed by atoms with Gasteiger partial charge in [0.1, 0.15) is 5.58 Å². The van der Waals surface area contributed by atoms with Gasteiger partial charge < -0.3 is 9.73 Å². The highest BCUT2D eigenvalue weighted by atomic mass is 35.5. The van der Waals surface area contributed by atoms with Crippen LogP contribution >= 0.6 is 35.4 Å². The van der Waals surface area contributed by atoms with E-state index < -0.39 is 5.91 Å². The van der Waals surface area contributed by atoms with Gasteiger partial charge in [-0.15, -0.1) is 0 Å². The van der Waals surface area contributed by atoms with Crippen molar-refractivity contribution < 1.29 is 9.21 Å². The summed E-state index contributed by atoms with van der Waals surface area (Å²) in [6, 6.07) is 13.9. The minimum Gasteiger partial charge on any atom is -0.451 e. The van der Waals surface area contributed by atoms with E-state index in [1.807, 2.05) is 18.2 Å². The maximum atomic E-state index is 12.2. The first-order chi connectivity index (χ1) is 11.0. The molecule has 23 heavy (non-hydrogen) atoms. The molecule has 0 spiro atoms. The summed E-state index contributed by atoms with van der Waals surface area (Å²) < 4.78 is 5.48. The van der Waals surface area contributed by atoms with Crippen LogP contribution in [0.15, 0.2) is 52.9 Å². The highest BCUT2D eigenvalue weighted by Gasteiger charge is 2.14. The predicted molar refractivity (Wildman–Crippen MR) is 96.4 cm³/mol. The number of para-hydroxylation sites is 1. The number of rotatable bonds is 2. The summed E-state index contributed by atoms with van der Waals surface area (Å²) in [5, 5.41) is 7.25. The standard InChI is InChI=1S/C16H10Cl2N2O2S/c17-10-5-6-12(11(18)8-10)19-16(23)20-15(21)14-7-9-3-1-2-4-13(9)22-14/h1-8H,(H2,19,20,21,23). The van der Waals surface area contributed by atoms with E-state index in [1.165, 1.54) is 0 Å². The van der Waals surface area contributed by atoms with E-state index in [0.717, 1.165) is 5.39 Å². The molecule has 4 nitrogen and oxygen atoms in total. The highest BCUT2D eigenvalue weighted by molar-refractivity contribution is 7.80. The van der Waals surface area contributed by atoms with Crippen LogP contribution in [0, 0.1) is 0 Å². The summed E-state index contributed by atoms with van der Waals surface area (Å²) in [5.74, 6) is -0.263. The first-order valence-electron chi connectivity index (χ1n) is 6.59. The van der Waals surface area contributed by atoms with Crippen LogP contribution in [0.2, 0.25) is 10.0 Å². The SMILES string of the molecule is O=C(NC(=S)Nc1ccc(Cl)cc1Cl)c1cc2ccccc2o1. The largest absolute Gasteiger partial charge is 0.451 e. The predicted octanol–water partition coefficient (Wildman–Crippen LogP) is 4.87. The van der Waals surface area contributed by atoms with Crippen molar-refractivity contribution in [3.8, 4) is 0 Å². The molecule has 0 aliphatic rings. The van der Waals surface area contributed by atoms with Crippen molar-refractivity contribution in [3.63, 3.8) is 0 Å². The number of thiocarbonyl (C=S) groups is 1. The van der Waals surface area contributed by atoms with Gasteiger partial charge >= 0.3 is 0 Å². The van der Waals surface area contributed by atoms with Gasteiger partial charge in [-0.05, 0) is 42.5 Å². The van der Waals surface area contributed by atoms with Gasteiger partial charge in [0.25, 0.3) is 5.91 Å². The molecule has 0 bridgehead atoms. The summed E-state index contributed by atoms with van der Waals surface area (Å²) in [6.07, 6.45) is 0. The number of benzene rings is 2. The minimum absolute atomic E-state index is 0.111. The molecule has 3 aromatic rings. The third-order valence-electron chi connectivity index (χ3n) is 3.06. The van der Waals surface area contributed by atoms with E-state index in [1.54, 1.807) is 30.3 Å². The van der Waals surface area contributed by atoms with Crippen LogP contribution in [0.1, 0.15) is 10.6 Å². The molecule has 1 amide bonds. The molecule has 0 aliphatic carbocycles. The Morgan fingerprint density at radius 2 is 1.87 bits per heavy atom. The summed E-state index contributed by atoms with van der Waals surface area (Å²) in [7, 11) is 0. The van der Waals surface area contributed by atoms with E-state index >= 15 is 0 Å². The lowest BCUT2D eigenvalue weighted by Crippen LogP contribution is -2.33. The van der Waals surface area contributed by atoms with Crippen LogP contribution in [0.4, 0.5) is 5.69 Å². The fraction of sp³-hybridized carbons (Fsp3) is 0. The Hall–Kier alpha value is -2.08. The minimum atomic E-state index is -0.441. The second-order valence-electron chi connectivity index (χ2n) is 4.68. The number of hydrogen-bond acceptors (Lipinski definition) is 3. The van der Waals surface area contributed by atoms with Crippen molar-refractivity contribution >= 4 is 63.1 Å². The van der Waals surface area contributed by atoms with Gasteiger partial charge in [0, 0.05) is 10.4 Å². The van der Waals surface area contributed by atoms with Gasteiger partial charge in [-0.1, -0.05) is 41.4 Å². The van der Waals surface area contributed by atoms with Gasteiger partial charge in [0.05, 0.1) is 10.7 Å². The Morgan fingerprint density at radius 1 is 1.09 bits per heavy atom. The highest BCUT2D eigenvalue weighted by Crippen LogP contribution is 2.25. The van der Waals surface area contributed by atoms with Gasteiger partial charge in [0.2, 0.25) is 0 Å². The van der Waals surface area contributed by atoms with Crippen molar-refractivity contribution in [1.82, 2.24) is 5.32 Å². The maximum Gasteiger partial charge on any atom is 0.293 e. The number of anilines is 1. The van der Waals surface area contributed by atoms with Crippen LogP contribution in [-0.2, 0) is 0 Å². The molecule has 2 aromatic carbocycles. The lowest BCUT2D eigenvalue weighted by molar-refractivity contribution is 0.0953. The van der Waals surface area contributed by atoms with Crippen molar-refractivity contribution in [3.05, 3.63) is 64.3 Å². The Labute approximate surface area is 147 Å². The fourth-order valence-electron chi connectivity index (χ4n) is 2.00. The smallest absolute Gasteiger partial charge is 0.293 e. The fourth-order valence-corrected chi connectivity index (χ4v) is 2.66. The molecule has 1 heterocycles. The molecule has 0 radical (unpaired) electrons. The van der Waals surface area contributed by atoms with Crippen molar-refractivity contribution in [2.75, 3.05) is 5.32 Å². The summed E-state index contributed by atoms with van der Waals surface area (Å²) in [6.45, 7) is 0. The first kappa shape index (κ1) is 15.8. The number of carbonyl (C=O) groups excluding carboxylic acids is 1. The molecule has 0 saturated carbocycles. The molecule has 0 saturated heterocycles. The Kier molecular flexibility index (Phi) is 4.52. The van der Waals surface area contributed by atoms with Crippen LogP contribution < -0.4 is 10.6 Å². The first-order valence-corrected chi connectivity index (χ1v) is 7.75. The molecule has 7 heteroatoms. The van der Waals surface area contributed by atoms with Gasteiger partial charge in [0.15, 0.2) is 10.9 Å². The number of fused-ring (bicyclic) bond motifs is 1. The normalized spacial score (nSPS) is 10.5. The molecular formula is C16H10Cl2N2O2S. The number of furan rings is 1. The van der Waals surface area contributed by atoms with Crippen molar-refractivity contribution in [2.24, 2.45) is 0 Å². The van der Waals surface area contributed by atoms with Crippen LogP contribution in [0.5, 0.6) is 0 Å². The summed E-state index contributed by atoms with van der Waals surface area (Å²) in [4.78, 5) is 12.2. The lowest BCUT2D eigenvalue weighted by atomic mass is 10.2. The van der Waals surface area contributed by atoms with Crippen LogP contribution in [-0.4, -0.2) is 11.0 Å². The number of nitrogens with one attached hydrogen (secondary N) is 2. The molecule has 2 N–H and O–H groups in total. The summed E-state index contributed by atoms with van der Waals surface area (Å²) >= 11 is 17.0. The molecule has 0 fully saturated rings. The monoisotopic (exact) mass is 364 g/mol. The number of hydrogen-bond donors (Lipinski definition) is 2. The quantitative estimate of drug-likeness (QED) is 0.637. The van der Waals surface area contributed by atoms with Crippen LogP contribution in [0.25, 0.3) is 11.0 Å². The second kappa shape index (κ2) is 6.58. The van der Waals surface area contributed by atoms with E-state index in [9.17, 15) is 4.79 Å². The molecule has 1 aromatic heterocycles. The van der Waals surface area contributed by atoms with Gasteiger partial charge in [-0.3, -0.25) is 10.1 Å². The lowest BCUT2D eigenvalue weighted by Gasteiger charge is -2.10. The third kappa shape index (κ3) is 3.64. The number of halogens is 2. The zero-order valence-corrected chi connectivity index (χ0v) is 13.9. The molecule has 116 valence electrons. The molecule has 0 aliphatic heterocycles. The zero-order valence-electron chi connectivity index (χ0n) is 11.6. The zero-order chi connectivity index (χ0) is 16.4. The van der Waals surface area contributed by atoms with Gasteiger partial charge in [-0.2, -0.15) is 0 Å². The molecule has 0 unspecified atom stereocenters. The topological polar surface area (TPSA) is 54.3 Å². The van der Waals surface area contributed by atoms with Crippen molar-refractivity contribution in [1.29, 1.82) is 0 Å². The van der Waals surface area contributed by atoms with Crippen LogP contribution in [0.3, 0.4) is 0 Å². The Balaban J connectivity index is 1.70. The summed E-state index contributed by atoms with van der Waals surface area (Å²) in [5.41, 5.74) is 1.18. The maximum absolute atomic E-state index is 12.2. The number of carbonyl (C=O) groups is 1. The number of amides is 1. The van der Waals surface area contributed by atoms with Crippen molar-refractivity contribution in [2.45, 2.75) is 0 Å². The molecular weight excluding hydrogens is 355 g/mol. The van der Waals surface area contributed by atoms with E-state index in [-0.39, 0.29) is 10.9 Å². The van der Waals surface area contributed by atoms with Gasteiger partial charge in [-0.25, -0.2) is 0 Å². The van der Waals surface area contributed by atoms with E-state index in [4.69, 9.17) is 39.8 Å². The van der Waals surface area contributed by atoms with E-state index in [2.05, 4.69) is 10.6 Å². The third-order valence-corrected chi connectivity index (χ3v) is 3.81.